The van der Waals surface area contributed by atoms with Gasteiger partial charge in [-0.1, -0.05) is 18.6 Å². The van der Waals surface area contributed by atoms with Gasteiger partial charge in [-0.25, -0.2) is 21.8 Å². The average molecular weight is 425 g/mol. The molecule has 1 aromatic heterocycles. The highest BCUT2D eigenvalue weighted by Crippen LogP contribution is 2.21. The van der Waals surface area contributed by atoms with E-state index < -0.39 is 20.0 Å². The van der Waals surface area contributed by atoms with Crippen molar-refractivity contribution >= 4 is 25.9 Å². The number of pyridine rings is 1. The number of hydrogen-bond acceptors (Lipinski definition) is 6. The summed E-state index contributed by atoms with van der Waals surface area (Å²) in [5.74, 6) is 0.200. The van der Waals surface area contributed by atoms with Crippen LogP contribution in [0.5, 0.6) is 0 Å². The van der Waals surface area contributed by atoms with Gasteiger partial charge in [-0.05, 0) is 56.0 Å². The predicted octanol–water partition coefficient (Wildman–Crippen LogP) is 2.18. The molecule has 28 heavy (non-hydrogen) atoms. The summed E-state index contributed by atoms with van der Waals surface area (Å²) in [6.45, 7) is 4.55. The van der Waals surface area contributed by atoms with Crippen molar-refractivity contribution in [3.8, 4) is 0 Å². The molecule has 0 spiro atoms. The zero-order chi connectivity index (χ0) is 20.4. The summed E-state index contributed by atoms with van der Waals surface area (Å²) in [7, 11) is -7.37. The Balaban J connectivity index is 1.71. The third-order valence-corrected chi connectivity index (χ3v) is 7.91. The number of aromatic nitrogens is 1. The van der Waals surface area contributed by atoms with E-state index in [1.54, 1.807) is 19.1 Å². The van der Waals surface area contributed by atoms with E-state index >= 15 is 0 Å². The van der Waals surface area contributed by atoms with Gasteiger partial charge in [0.1, 0.15) is 10.7 Å². The molecule has 3 rings (SSSR count). The van der Waals surface area contributed by atoms with Crippen LogP contribution in [0.2, 0.25) is 0 Å². The fraction of sp³-hybridized carbons (Fsp3) is 0.389. The molecule has 0 radical (unpaired) electrons. The van der Waals surface area contributed by atoms with Gasteiger partial charge < -0.3 is 0 Å². The molecule has 0 bridgehead atoms. The van der Waals surface area contributed by atoms with Crippen LogP contribution in [0.15, 0.2) is 46.3 Å². The molecule has 2 heterocycles. The Morgan fingerprint density at radius 3 is 2.32 bits per heavy atom. The standard InChI is InChI=1S/C18H24N4O4S2/c1-14-6-7-15(2)17(12-14)27(23,24)21-20-18-9-8-16(13-19-18)28(25,26)22-10-4-3-5-11-22/h6-9,12-13,21H,3-5,10-11H2,1-2H3,(H,19,20). The summed E-state index contributed by atoms with van der Waals surface area (Å²) in [6, 6.07) is 8.02. The molecule has 2 N–H and O–H groups in total. The van der Waals surface area contributed by atoms with E-state index in [-0.39, 0.29) is 15.6 Å². The number of rotatable bonds is 6. The van der Waals surface area contributed by atoms with Gasteiger partial charge in [0.25, 0.3) is 10.0 Å². The second-order valence-corrected chi connectivity index (χ2v) is 10.4. The zero-order valence-corrected chi connectivity index (χ0v) is 17.5. The van der Waals surface area contributed by atoms with E-state index in [0.29, 0.717) is 18.7 Å². The van der Waals surface area contributed by atoms with Crippen molar-refractivity contribution in [3.05, 3.63) is 47.7 Å². The van der Waals surface area contributed by atoms with Crippen molar-refractivity contribution in [1.29, 1.82) is 0 Å². The van der Waals surface area contributed by atoms with Crippen LogP contribution < -0.4 is 10.3 Å². The molecule has 1 aliphatic heterocycles. The number of aryl methyl sites for hydroxylation is 2. The Morgan fingerprint density at radius 2 is 1.68 bits per heavy atom. The zero-order valence-electron chi connectivity index (χ0n) is 15.8. The molecule has 152 valence electrons. The van der Waals surface area contributed by atoms with E-state index in [1.807, 2.05) is 13.0 Å². The van der Waals surface area contributed by atoms with Gasteiger partial charge in [-0.3, -0.25) is 5.43 Å². The van der Waals surface area contributed by atoms with Crippen molar-refractivity contribution in [1.82, 2.24) is 14.1 Å². The second kappa shape index (κ2) is 8.16. The van der Waals surface area contributed by atoms with Crippen molar-refractivity contribution in [3.63, 3.8) is 0 Å². The summed E-state index contributed by atoms with van der Waals surface area (Å²) >= 11 is 0. The van der Waals surface area contributed by atoms with E-state index in [1.165, 1.54) is 22.6 Å². The molecule has 0 saturated carbocycles. The summed E-state index contributed by atoms with van der Waals surface area (Å²) < 4.78 is 51.7. The molecule has 1 saturated heterocycles. The monoisotopic (exact) mass is 424 g/mol. The molecule has 1 aromatic carbocycles. The molecule has 0 unspecified atom stereocenters. The highest BCUT2D eigenvalue weighted by molar-refractivity contribution is 7.89. The first kappa shape index (κ1) is 20.7. The molecule has 0 aliphatic carbocycles. The number of piperidine rings is 1. The third kappa shape index (κ3) is 4.52. The summed E-state index contributed by atoms with van der Waals surface area (Å²) in [6.07, 6.45) is 3.98. The van der Waals surface area contributed by atoms with Gasteiger partial charge in [0.2, 0.25) is 10.0 Å². The van der Waals surface area contributed by atoms with Crippen LogP contribution in [0.4, 0.5) is 5.82 Å². The summed E-state index contributed by atoms with van der Waals surface area (Å²) in [5, 5.41) is 0. The highest BCUT2D eigenvalue weighted by Gasteiger charge is 2.26. The molecule has 10 heteroatoms. The minimum atomic E-state index is -3.79. The van der Waals surface area contributed by atoms with Gasteiger partial charge in [0.05, 0.1) is 4.90 Å². The maximum absolute atomic E-state index is 12.6. The number of anilines is 1. The first-order valence-corrected chi connectivity index (χ1v) is 11.9. The van der Waals surface area contributed by atoms with E-state index in [0.717, 1.165) is 24.8 Å². The van der Waals surface area contributed by atoms with E-state index in [9.17, 15) is 16.8 Å². The predicted molar refractivity (Wildman–Crippen MR) is 107 cm³/mol. The molecule has 2 aromatic rings. The van der Waals surface area contributed by atoms with E-state index in [2.05, 4.69) is 15.2 Å². The minimum absolute atomic E-state index is 0.0948. The number of hydrazine groups is 1. The Morgan fingerprint density at radius 1 is 0.964 bits per heavy atom. The van der Waals surface area contributed by atoms with Crippen LogP contribution in [0.25, 0.3) is 0 Å². The number of hydrogen-bond donors (Lipinski definition) is 2. The van der Waals surface area contributed by atoms with Crippen LogP contribution in [-0.2, 0) is 20.0 Å². The van der Waals surface area contributed by atoms with Gasteiger partial charge >= 0.3 is 0 Å². The molecule has 1 fully saturated rings. The largest absolute Gasteiger partial charge is 0.292 e. The first-order valence-electron chi connectivity index (χ1n) is 9.01. The van der Waals surface area contributed by atoms with Gasteiger partial charge in [0, 0.05) is 19.3 Å². The second-order valence-electron chi connectivity index (χ2n) is 6.84. The van der Waals surface area contributed by atoms with Gasteiger partial charge in [0.15, 0.2) is 0 Å². The molecule has 0 atom stereocenters. The molecule has 8 nitrogen and oxygen atoms in total. The number of nitrogens with one attached hydrogen (secondary N) is 2. The Bertz CT molecular complexity index is 1050. The maximum atomic E-state index is 12.6. The Labute approximate surface area is 166 Å². The first-order chi connectivity index (χ1) is 13.2. The topological polar surface area (TPSA) is 108 Å². The quantitative estimate of drug-likeness (QED) is 0.688. The fourth-order valence-electron chi connectivity index (χ4n) is 3.03. The molecule has 1 aliphatic rings. The lowest BCUT2D eigenvalue weighted by molar-refractivity contribution is 0.346. The lowest BCUT2D eigenvalue weighted by atomic mass is 10.2. The average Bonchev–Trinajstić information content (AvgIpc) is 2.69. The molecule has 0 amide bonds. The third-order valence-electron chi connectivity index (χ3n) is 4.64. The Hall–Kier alpha value is -2.01. The van der Waals surface area contributed by atoms with E-state index in [4.69, 9.17) is 0 Å². The number of nitrogens with zero attached hydrogens (tertiary/aromatic N) is 2. The fourth-order valence-corrected chi connectivity index (χ4v) is 5.68. The summed E-state index contributed by atoms with van der Waals surface area (Å²) in [4.78, 5) is 6.58. The SMILES string of the molecule is Cc1ccc(C)c(S(=O)(=O)NNc2ccc(S(=O)(=O)N3CCCCC3)cn2)c1. The van der Waals surface area contributed by atoms with Crippen molar-refractivity contribution < 1.29 is 16.8 Å². The van der Waals surface area contributed by atoms with Gasteiger partial charge in [-0.15, -0.1) is 4.83 Å². The Kier molecular flexibility index (Phi) is 6.04. The highest BCUT2D eigenvalue weighted by atomic mass is 32.2. The van der Waals surface area contributed by atoms with Crippen molar-refractivity contribution in [2.45, 2.75) is 42.9 Å². The van der Waals surface area contributed by atoms with Crippen LogP contribution in [0, 0.1) is 13.8 Å². The normalized spacial score (nSPS) is 16.1. The number of sulfonamides is 2. The maximum Gasteiger partial charge on any atom is 0.257 e. The van der Waals surface area contributed by atoms with Crippen LogP contribution in [-0.4, -0.2) is 39.2 Å². The lowest BCUT2D eigenvalue weighted by Gasteiger charge is -2.25. The van der Waals surface area contributed by atoms with Gasteiger partial charge in [-0.2, -0.15) is 4.31 Å². The van der Waals surface area contributed by atoms with Crippen LogP contribution in [0.3, 0.4) is 0 Å². The smallest absolute Gasteiger partial charge is 0.257 e. The molecular weight excluding hydrogens is 400 g/mol. The summed E-state index contributed by atoms with van der Waals surface area (Å²) in [5.41, 5.74) is 3.98. The number of benzene rings is 1. The lowest BCUT2D eigenvalue weighted by Crippen LogP contribution is -2.35. The van der Waals surface area contributed by atoms with Crippen molar-refractivity contribution in [2.75, 3.05) is 18.5 Å². The van der Waals surface area contributed by atoms with Crippen molar-refractivity contribution in [2.24, 2.45) is 0 Å². The van der Waals surface area contributed by atoms with Crippen LogP contribution >= 0.6 is 0 Å². The minimum Gasteiger partial charge on any atom is -0.292 e. The molecular formula is C18H24N4O4S2. The van der Waals surface area contributed by atoms with Crippen LogP contribution in [0.1, 0.15) is 30.4 Å².